The van der Waals surface area contributed by atoms with E-state index in [0.29, 0.717) is 5.69 Å². The molecule has 1 aromatic carbocycles. The normalized spacial score (nSPS) is 13.8. The van der Waals surface area contributed by atoms with Crippen molar-refractivity contribution in [1.82, 2.24) is 5.16 Å². The van der Waals surface area contributed by atoms with E-state index in [-0.39, 0.29) is 5.76 Å². The lowest BCUT2D eigenvalue weighted by Crippen LogP contribution is -2.06. The number of aromatic nitrogens is 1. The van der Waals surface area contributed by atoms with Crippen molar-refractivity contribution in [3.63, 3.8) is 0 Å². The number of carboxylic acid groups (broad SMARTS) is 1. The van der Waals surface area contributed by atoms with Gasteiger partial charge in [-0.2, -0.15) is 0 Å². The fourth-order valence-corrected chi connectivity index (χ4v) is 2.77. The molecular formula is C15H15NO4. The minimum Gasteiger partial charge on any atom is -0.496 e. The van der Waals surface area contributed by atoms with Crippen LogP contribution in [0.5, 0.6) is 5.75 Å². The Hall–Kier alpha value is -2.30. The van der Waals surface area contributed by atoms with Crippen LogP contribution in [0.4, 0.5) is 0 Å². The molecule has 1 N–H and O–H groups in total. The number of ether oxygens (including phenoxy) is 1. The summed E-state index contributed by atoms with van der Waals surface area (Å²) >= 11 is 0. The van der Waals surface area contributed by atoms with Gasteiger partial charge in [0.1, 0.15) is 11.4 Å². The molecule has 1 aliphatic rings. The Balaban J connectivity index is 2.11. The van der Waals surface area contributed by atoms with Crippen LogP contribution in [0.2, 0.25) is 0 Å². The third-order valence-corrected chi connectivity index (χ3v) is 3.71. The molecule has 0 amide bonds. The van der Waals surface area contributed by atoms with Gasteiger partial charge in [0.2, 0.25) is 5.76 Å². The molecule has 0 fully saturated rings. The Morgan fingerprint density at radius 1 is 1.30 bits per heavy atom. The standard InChI is InChI=1S/C15H15NO4/c1-19-13-7-6-10(9-4-2-3-5-11(9)13)12-8-14(15(17)18)20-16-12/h6-8H,2-5H2,1H3,(H,17,18). The molecule has 1 heterocycles. The molecule has 0 spiro atoms. The van der Waals surface area contributed by atoms with E-state index in [4.69, 9.17) is 14.4 Å². The maximum atomic E-state index is 10.9. The molecule has 5 nitrogen and oxygen atoms in total. The second-order valence-electron chi connectivity index (χ2n) is 4.86. The second kappa shape index (κ2) is 5.00. The summed E-state index contributed by atoms with van der Waals surface area (Å²) in [6, 6.07) is 5.31. The number of aromatic carboxylic acids is 1. The minimum absolute atomic E-state index is 0.139. The summed E-state index contributed by atoms with van der Waals surface area (Å²) in [6.45, 7) is 0. The van der Waals surface area contributed by atoms with Gasteiger partial charge in [-0.05, 0) is 48.9 Å². The van der Waals surface area contributed by atoms with Gasteiger partial charge in [-0.25, -0.2) is 4.79 Å². The molecule has 0 atom stereocenters. The lowest BCUT2D eigenvalue weighted by molar-refractivity contribution is 0.0652. The number of hydrogen-bond donors (Lipinski definition) is 1. The first-order valence-corrected chi connectivity index (χ1v) is 6.60. The zero-order valence-electron chi connectivity index (χ0n) is 11.2. The lowest BCUT2D eigenvalue weighted by atomic mass is 9.86. The van der Waals surface area contributed by atoms with Gasteiger partial charge < -0.3 is 14.4 Å². The Morgan fingerprint density at radius 3 is 2.70 bits per heavy atom. The summed E-state index contributed by atoms with van der Waals surface area (Å²) in [7, 11) is 1.67. The fourth-order valence-electron chi connectivity index (χ4n) is 2.77. The summed E-state index contributed by atoms with van der Waals surface area (Å²) in [5.41, 5.74) is 3.91. The predicted molar refractivity (Wildman–Crippen MR) is 72.1 cm³/mol. The zero-order valence-corrected chi connectivity index (χ0v) is 11.2. The second-order valence-corrected chi connectivity index (χ2v) is 4.86. The van der Waals surface area contributed by atoms with Crippen molar-refractivity contribution in [2.75, 3.05) is 7.11 Å². The van der Waals surface area contributed by atoms with E-state index < -0.39 is 5.97 Å². The van der Waals surface area contributed by atoms with Crippen molar-refractivity contribution in [2.24, 2.45) is 0 Å². The lowest BCUT2D eigenvalue weighted by Gasteiger charge is -2.21. The van der Waals surface area contributed by atoms with E-state index in [0.717, 1.165) is 37.0 Å². The van der Waals surface area contributed by atoms with E-state index in [1.807, 2.05) is 12.1 Å². The maximum Gasteiger partial charge on any atom is 0.374 e. The average Bonchev–Trinajstić information content (AvgIpc) is 2.96. The van der Waals surface area contributed by atoms with Crippen molar-refractivity contribution in [1.29, 1.82) is 0 Å². The largest absolute Gasteiger partial charge is 0.496 e. The molecule has 0 saturated heterocycles. The Morgan fingerprint density at radius 2 is 2.05 bits per heavy atom. The van der Waals surface area contributed by atoms with Gasteiger partial charge >= 0.3 is 5.97 Å². The molecule has 1 aliphatic carbocycles. The number of rotatable bonds is 3. The highest BCUT2D eigenvalue weighted by molar-refractivity contribution is 5.86. The topological polar surface area (TPSA) is 72.6 Å². The Kier molecular flexibility index (Phi) is 3.18. The molecule has 0 radical (unpaired) electrons. The van der Waals surface area contributed by atoms with E-state index in [9.17, 15) is 4.79 Å². The number of hydrogen-bond acceptors (Lipinski definition) is 4. The summed E-state index contributed by atoms with van der Waals surface area (Å²) in [5, 5.41) is 12.8. The molecular weight excluding hydrogens is 258 g/mol. The molecule has 5 heteroatoms. The molecule has 0 unspecified atom stereocenters. The number of fused-ring (bicyclic) bond motifs is 1. The summed E-state index contributed by atoms with van der Waals surface area (Å²) < 4.78 is 10.3. The molecule has 1 aromatic heterocycles. The summed E-state index contributed by atoms with van der Waals surface area (Å²) in [5.74, 6) is -0.350. The van der Waals surface area contributed by atoms with Crippen LogP contribution in [0.1, 0.15) is 34.5 Å². The smallest absolute Gasteiger partial charge is 0.374 e. The van der Waals surface area contributed by atoms with Crippen molar-refractivity contribution in [3.05, 3.63) is 35.1 Å². The maximum absolute atomic E-state index is 10.9. The third-order valence-electron chi connectivity index (χ3n) is 3.71. The van der Waals surface area contributed by atoms with Gasteiger partial charge in [-0.1, -0.05) is 5.16 Å². The van der Waals surface area contributed by atoms with E-state index >= 15 is 0 Å². The van der Waals surface area contributed by atoms with Crippen LogP contribution < -0.4 is 4.74 Å². The van der Waals surface area contributed by atoms with E-state index in [2.05, 4.69) is 5.16 Å². The van der Waals surface area contributed by atoms with Crippen LogP contribution in [0.15, 0.2) is 22.7 Å². The molecule has 104 valence electrons. The summed E-state index contributed by atoms with van der Waals surface area (Å²) in [4.78, 5) is 10.9. The number of carboxylic acids is 1. The first-order valence-electron chi connectivity index (χ1n) is 6.60. The van der Waals surface area contributed by atoms with Gasteiger partial charge in [0.25, 0.3) is 0 Å². The number of nitrogens with zero attached hydrogens (tertiary/aromatic N) is 1. The van der Waals surface area contributed by atoms with Gasteiger partial charge in [0, 0.05) is 11.6 Å². The van der Waals surface area contributed by atoms with Crippen LogP contribution in [0, 0.1) is 0 Å². The highest BCUT2D eigenvalue weighted by Gasteiger charge is 2.21. The van der Waals surface area contributed by atoms with Gasteiger partial charge in [0.15, 0.2) is 0 Å². The van der Waals surface area contributed by atoms with Gasteiger partial charge in [-0.3, -0.25) is 0 Å². The van der Waals surface area contributed by atoms with Crippen LogP contribution in [-0.2, 0) is 12.8 Å². The minimum atomic E-state index is -1.11. The van der Waals surface area contributed by atoms with E-state index in [1.54, 1.807) is 7.11 Å². The zero-order chi connectivity index (χ0) is 14.1. The van der Waals surface area contributed by atoms with Crippen LogP contribution >= 0.6 is 0 Å². The fraction of sp³-hybridized carbons (Fsp3) is 0.333. The van der Waals surface area contributed by atoms with Crippen molar-refractivity contribution >= 4 is 5.97 Å². The first-order chi connectivity index (χ1) is 9.70. The van der Waals surface area contributed by atoms with E-state index in [1.165, 1.54) is 17.2 Å². The molecule has 2 aromatic rings. The molecule has 3 rings (SSSR count). The Labute approximate surface area is 116 Å². The SMILES string of the molecule is COc1ccc(-c2cc(C(=O)O)on2)c2c1CCCC2. The molecule has 20 heavy (non-hydrogen) atoms. The first kappa shape index (κ1) is 12.7. The van der Waals surface area contributed by atoms with Crippen molar-refractivity contribution < 1.29 is 19.2 Å². The van der Waals surface area contributed by atoms with Crippen LogP contribution in [-0.4, -0.2) is 23.3 Å². The highest BCUT2D eigenvalue weighted by Crippen LogP contribution is 2.36. The van der Waals surface area contributed by atoms with Crippen LogP contribution in [0.25, 0.3) is 11.3 Å². The number of benzene rings is 1. The monoisotopic (exact) mass is 273 g/mol. The molecule has 0 bridgehead atoms. The van der Waals surface area contributed by atoms with Crippen molar-refractivity contribution in [2.45, 2.75) is 25.7 Å². The molecule has 0 saturated carbocycles. The number of methoxy groups -OCH3 is 1. The van der Waals surface area contributed by atoms with Gasteiger partial charge in [0.05, 0.1) is 7.11 Å². The summed E-state index contributed by atoms with van der Waals surface area (Å²) in [6.07, 6.45) is 4.20. The Bertz CT molecular complexity index is 660. The highest BCUT2D eigenvalue weighted by atomic mass is 16.5. The molecule has 0 aliphatic heterocycles. The number of carbonyl (C=O) groups is 1. The van der Waals surface area contributed by atoms with Crippen LogP contribution in [0.3, 0.4) is 0 Å². The van der Waals surface area contributed by atoms with Gasteiger partial charge in [-0.15, -0.1) is 0 Å². The quantitative estimate of drug-likeness (QED) is 0.930. The van der Waals surface area contributed by atoms with Crippen molar-refractivity contribution in [3.8, 4) is 17.0 Å². The average molecular weight is 273 g/mol. The third kappa shape index (κ3) is 2.05. The predicted octanol–water partition coefficient (Wildman–Crippen LogP) is 2.93.